The van der Waals surface area contributed by atoms with Gasteiger partial charge in [-0.1, -0.05) is 23.2 Å². The van der Waals surface area contributed by atoms with E-state index in [9.17, 15) is 13.2 Å². The smallest absolute Gasteiger partial charge is 0.323 e. The molecule has 1 aromatic heterocycles. The summed E-state index contributed by atoms with van der Waals surface area (Å²) in [5, 5.41) is 8.62. The standard InChI is InChI=1S/C10H12N2O5S2/c1-2-17-9(14)7-19(15,16)12-10-11-6-8(18-10)4-3-5-13/h6,13H,2,5,7H2,1H3,(H,11,12). The van der Waals surface area contributed by atoms with E-state index < -0.39 is 21.7 Å². The van der Waals surface area contributed by atoms with Gasteiger partial charge in [0.1, 0.15) is 6.61 Å². The predicted molar refractivity (Wildman–Crippen MR) is 70.1 cm³/mol. The Morgan fingerprint density at radius 2 is 2.37 bits per heavy atom. The van der Waals surface area contributed by atoms with Gasteiger partial charge in [0, 0.05) is 0 Å². The molecule has 1 aromatic rings. The molecular weight excluding hydrogens is 292 g/mol. The molecule has 0 bridgehead atoms. The van der Waals surface area contributed by atoms with Crippen molar-refractivity contribution >= 4 is 32.5 Å². The molecule has 0 atom stereocenters. The van der Waals surface area contributed by atoms with Crippen molar-refractivity contribution in [1.29, 1.82) is 0 Å². The highest BCUT2D eigenvalue weighted by molar-refractivity contribution is 7.93. The Labute approximate surface area is 114 Å². The molecule has 0 aliphatic heterocycles. The van der Waals surface area contributed by atoms with Crippen LogP contribution in [0.4, 0.5) is 5.13 Å². The molecule has 0 aliphatic rings. The largest absolute Gasteiger partial charge is 0.465 e. The van der Waals surface area contributed by atoms with Crippen molar-refractivity contribution in [3.63, 3.8) is 0 Å². The molecule has 0 saturated heterocycles. The van der Waals surface area contributed by atoms with E-state index in [0.717, 1.165) is 11.3 Å². The lowest BCUT2D eigenvalue weighted by molar-refractivity contribution is -0.139. The van der Waals surface area contributed by atoms with Crippen molar-refractivity contribution in [3.8, 4) is 11.8 Å². The lowest BCUT2D eigenvalue weighted by Crippen LogP contribution is -2.24. The van der Waals surface area contributed by atoms with Crippen LogP contribution in [0.1, 0.15) is 11.8 Å². The molecule has 2 N–H and O–H groups in total. The maximum absolute atomic E-state index is 11.6. The predicted octanol–water partition coefficient (Wildman–Crippen LogP) is -0.208. The number of sulfonamides is 1. The lowest BCUT2D eigenvalue weighted by atomic mass is 10.5. The van der Waals surface area contributed by atoms with Gasteiger partial charge in [-0.05, 0) is 6.92 Å². The van der Waals surface area contributed by atoms with Gasteiger partial charge in [0.25, 0.3) is 0 Å². The van der Waals surface area contributed by atoms with Crippen LogP contribution in [-0.4, -0.2) is 43.4 Å². The van der Waals surface area contributed by atoms with Crippen LogP contribution in [0.3, 0.4) is 0 Å². The highest BCUT2D eigenvalue weighted by Gasteiger charge is 2.18. The van der Waals surface area contributed by atoms with Gasteiger partial charge in [-0.15, -0.1) is 0 Å². The summed E-state index contributed by atoms with van der Waals surface area (Å²) in [6.07, 6.45) is 1.37. The molecule has 0 radical (unpaired) electrons. The first kappa shape index (κ1) is 15.4. The summed E-state index contributed by atoms with van der Waals surface area (Å²) < 4.78 is 29.9. The number of aromatic nitrogens is 1. The zero-order chi connectivity index (χ0) is 14.3. The topological polar surface area (TPSA) is 106 Å². The number of ether oxygens (including phenoxy) is 1. The molecule has 0 saturated carbocycles. The summed E-state index contributed by atoms with van der Waals surface area (Å²) in [5.74, 6) is 3.41. The third kappa shape index (κ3) is 5.69. The van der Waals surface area contributed by atoms with Gasteiger partial charge in [-0.2, -0.15) is 0 Å². The van der Waals surface area contributed by atoms with Crippen molar-refractivity contribution in [2.75, 3.05) is 23.7 Å². The van der Waals surface area contributed by atoms with E-state index in [1.807, 2.05) is 0 Å². The van der Waals surface area contributed by atoms with Crippen molar-refractivity contribution < 1.29 is 23.1 Å². The molecule has 0 unspecified atom stereocenters. The summed E-state index contributed by atoms with van der Waals surface area (Å²) in [6.45, 7) is 1.42. The van der Waals surface area contributed by atoms with Crippen LogP contribution in [0.25, 0.3) is 0 Å². The number of hydrogen-bond donors (Lipinski definition) is 2. The highest BCUT2D eigenvalue weighted by atomic mass is 32.2. The van der Waals surface area contributed by atoms with E-state index in [1.165, 1.54) is 6.20 Å². The van der Waals surface area contributed by atoms with Crippen molar-refractivity contribution in [1.82, 2.24) is 4.98 Å². The average molecular weight is 304 g/mol. The van der Waals surface area contributed by atoms with Crippen molar-refractivity contribution in [2.24, 2.45) is 0 Å². The van der Waals surface area contributed by atoms with E-state index in [1.54, 1.807) is 6.92 Å². The Morgan fingerprint density at radius 3 is 3.00 bits per heavy atom. The van der Waals surface area contributed by atoms with Crippen LogP contribution in [0.15, 0.2) is 6.20 Å². The molecule has 0 amide bonds. The van der Waals surface area contributed by atoms with Crippen molar-refractivity contribution in [2.45, 2.75) is 6.92 Å². The number of thiazole rings is 1. The third-order valence-corrected chi connectivity index (χ3v) is 3.73. The molecule has 0 aromatic carbocycles. The van der Waals surface area contributed by atoms with Crippen LogP contribution in [0.5, 0.6) is 0 Å². The van der Waals surface area contributed by atoms with Crippen LogP contribution in [0, 0.1) is 11.8 Å². The monoisotopic (exact) mass is 304 g/mol. The second-order valence-electron chi connectivity index (χ2n) is 3.16. The van der Waals surface area contributed by atoms with E-state index >= 15 is 0 Å². The van der Waals surface area contributed by atoms with E-state index in [-0.39, 0.29) is 18.3 Å². The molecule has 7 nitrogen and oxygen atoms in total. The Morgan fingerprint density at radius 1 is 1.63 bits per heavy atom. The summed E-state index contributed by atoms with van der Waals surface area (Å²) >= 11 is 1.00. The first-order valence-electron chi connectivity index (χ1n) is 5.18. The molecule has 0 aliphatic carbocycles. The van der Waals surface area contributed by atoms with Crippen LogP contribution in [0.2, 0.25) is 0 Å². The number of nitrogens with zero attached hydrogens (tertiary/aromatic N) is 1. The molecule has 9 heteroatoms. The van der Waals surface area contributed by atoms with Gasteiger partial charge in [0.05, 0.1) is 17.7 Å². The number of nitrogens with one attached hydrogen (secondary N) is 1. The zero-order valence-electron chi connectivity index (χ0n) is 10.0. The summed E-state index contributed by atoms with van der Waals surface area (Å²) in [4.78, 5) is 15.4. The van der Waals surface area contributed by atoms with Gasteiger partial charge in [-0.3, -0.25) is 9.52 Å². The minimum atomic E-state index is -3.84. The minimum Gasteiger partial charge on any atom is -0.465 e. The Balaban J connectivity index is 2.68. The molecule has 19 heavy (non-hydrogen) atoms. The number of anilines is 1. The molecule has 104 valence electrons. The number of carbonyl (C=O) groups excluding carboxylic acids is 1. The Hall–Kier alpha value is -1.63. The fourth-order valence-electron chi connectivity index (χ4n) is 1.03. The molecule has 1 rings (SSSR count). The molecule has 0 spiro atoms. The number of esters is 1. The van der Waals surface area contributed by atoms with E-state index in [4.69, 9.17) is 5.11 Å². The number of hydrogen-bond acceptors (Lipinski definition) is 7. The van der Waals surface area contributed by atoms with Crippen molar-refractivity contribution in [3.05, 3.63) is 11.1 Å². The first-order valence-corrected chi connectivity index (χ1v) is 7.65. The molecule has 0 fully saturated rings. The normalized spacial score (nSPS) is 10.4. The molecule has 1 heterocycles. The quantitative estimate of drug-likeness (QED) is 0.576. The fourth-order valence-corrected chi connectivity index (χ4v) is 2.91. The molecular formula is C10H12N2O5S2. The number of rotatable bonds is 5. The average Bonchev–Trinajstić information content (AvgIpc) is 2.72. The first-order chi connectivity index (χ1) is 8.96. The lowest BCUT2D eigenvalue weighted by Gasteiger charge is -2.04. The summed E-state index contributed by atoms with van der Waals surface area (Å²) in [6, 6.07) is 0. The van der Waals surface area contributed by atoms with E-state index in [0.29, 0.717) is 4.88 Å². The Kier molecular flexibility index (Phi) is 5.75. The number of carbonyl (C=O) groups is 1. The minimum absolute atomic E-state index is 0.103. The van der Waals surface area contributed by atoms with Gasteiger partial charge >= 0.3 is 5.97 Å². The van der Waals surface area contributed by atoms with Crippen LogP contribution in [-0.2, 0) is 19.6 Å². The summed E-state index contributed by atoms with van der Waals surface area (Å²) in [7, 11) is -3.84. The number of aliphatic hydroxyl groups excluding tert-OH is 1. The Bertz CT molecular complexity index is 597. The SMILES string of the molecule is CCOC(=O)CS(=O)(=O)Nc1ncc(C#CCO)s1. The highest BCUT2D eigenvalue weighted by Crippen LogP contribution is 2.18. The maximum Gasteiger partial charge on any atom is 0.323 e. The van der Waals surface area contributed by atoms with Gasteiger partial charge < -0.3 is 9.84 Å². The fraction of sp³-hybridized carbons (Fsp3) is 0.400. The van der Waals surface area contributed by atoms with Crippen LogP contribution < -0.4 is 4.72 Å². The van der Waals surface area contributed by atoms with E-state index in [2.05, 4.69) is 26.3 Å². The number of aliphatic hydroxyl groups is 1. The maximum atomic E-state index is 11.6. The van der Waals surface area contributed by atoms with Crippen LogP contribution >= 0.6 is 11.3 Å². The van der Waals surface area contributed by atoms with Gasteiger partial charge in [-0.25, -0.2) is 13.4 Å². The van der Waals surface area contributed by atoms with Gasteiger partial charge in [0.2, 0.25) is 10.0 Å². The third-order valence-electron chi connectivity index (χ3n) is 1.65. The van der Waals surface area contributed by atoms with Gasteiger partial charge in [0.15, 0.2) is 10.9 Å². The second kappa shape index (κ2) is 7.08. The summed E-state index contributed by atoms with van der Waals surface area (Å²) in [5.41, 5.74) is 0. The zero-order valence-corrected chi connectivity index (χ0v) is 11.7. The second-order valence-corrected chi connectivity index (χ2v) is 5.91.